The van der Waals surface area contributed by atoms with Crippen LogP contribution in [0.5, 0.6) is 0 Å². The molecule has 0 saturated carbocycles. The van der Waals surface area contributed by atoms with Crippen LogP contribution in [0.25, 0.3) is 21.3 Å². The molecular formula is C56H74FN7O10S. The molecule has 1 saturated heterocycles. The summed E-state index contributed by atoms with van der Waals surface area (Å²) in [5.41, 5.74) is 7.65. The highest BCUT2D eigenvalue weighted by molar-refractivity contribution is 7.13. The van der Waals surface area contributed by atoms with Crippen molar-refractivity contribution in [1.29, 1.82) is 0 Å². The number of benzene rings is 3. The van der Waals surface area contributed by atoms with Crippen molar-refractivity contribution in [2.24, 2.45) is 5.41 Å². The number of rotatable bonds is 26. The number of aliphatic hydroxyl groups is 1. The number of alkyl halides is 1. The maximum atomic E-state index is 15.1. The van der Waals surface area contributed by atoms with Gasteiger partial charge in [-0.25, -0.2) is 9.37 Å². The van der Waals surface area contributed by atoms with Crippen LogP contribution in [-0.4, -0.2) is 158 Å². The van der Waals surface area contributed by atoms with Crippen LogP contribution >= 0.6 is 11.3 Å². The number of para-hydroxylation sites is 1. The number of hydrogen-bond donors (Lipinski definition) is 5. The molecule has 17 nitrogen and oxygen atoms in total. The Bertz CT molecular complexity index is 2670. The average molecular weight is 1060 g/mol. The van der Waals surface area contributed by atoms with Crippen LogP contribution in [0, 0.1) is 12.3 Å². The quantitative estimate of drug-likeness (QED) is 0.0376. The normalized spacial score (nSPS) is 18.5. The second-order valence-corrected chi connectivity index (χ2v) is 21.8. The first kappa shape index (κ1) is 57.1. The molecule has 2 aliphatic rings. The number of anilines is 1. The van der Waals surface area contributed by atoms with E-state index in [0.29, 0.717) is 32.1 Å². The molecular weight excluding hydrogens is 982 g/mol. The van der Waals surface area contributed by atoms with Gasteiger partial charge in [0.25, 0.3) is 0 Å². The zero-order valence-corrected chi connectivity index (χ0v) is 45.1. The van der Waals surface area contributed by atoms with E-state index in [4.69, 9.17) is 23.7 Å². The number of aromatic nitrogens is 2. The minimum atomic E-state index is -1.38. The zero-order valence-electron chi connectivity index (χ0n) is 44.2. The van der Waals surface area contributed by atoms with E-state index in [9.17, 15) is 24.3 Å². The first-order chi connectivity index (χ1) is 35.9. The molecule has 5 atom stereocenters. The van der Waals surface area contributed by atoms with Gasteiger partial charge >= 0.3 is 0 Å². The van der Waals surface area contributed by atoms with Crippen molar-refractivity contribution in [3.8, 4) is 10.4 Å². The number of H-pyrrole nitrogens is 1. The average Bonchev–Trinajstić information content (AvgIpc) is 4.11. The first-order valence-electron chi connectivity index (χ1n) is 25.7. The number of halogens is 1. The number of carbonyl (C=O) groups is 4. The topological polar surface area (TPSA) is 206 Å². The molecule has 7 rings (SSSR count). The highest BCUT2D eigenvalue weighted by Crippen LogP contribution is 2.42. The number of hydrogen-bond acceptors (Lipinski definition) is 13. The number of aliphatic hydroxyl groups excluding tert-OH is 1. The number of ether oxygens (including phenoxy) is 5. The molecule has 0 aliphatic carbocycles. The van der Waals surface area contributed by atoms with Crippen molar-refractivity contribution in [2.45, 2.75) is 104 Å². The molecule has 75 heavy (non-hydrogen) atoms. The van der Waals surface area contributed by atoms with Gasteiger partial charge in [-0.1, -0.05) is 75.4 Å². The minimum absolute atomic E-state index is 0.0260. The number of nitrogens with one attached hydrogen (secondary N) is 4. The van der Waals surface area contributed by atoms with Gasteiger partial charge < -0.3 is 54.6 Å². The third kappa shape index (κ3) is 16.0. The molecule has 0 radical (unpaired) electrons. The molecule has 1 fully saturated rings. The molecule has 406 valence electrons. The third-order valence-electron chi connectivity index (χ3n) is 13.3. The number of amides is 4. The van der Waals surface area contributed by atoms with Crippen LogP contribution in [0.1, 0.15) is 82.1 Å². The van der Waals surface area contributed by atoms with Crippen LogP contribution in [-0.2, 0) is 55.8 Å². The fourth-order valence-electron chi connectivity index (χ4n) is 9.58. The summed E-state index contributed by atoms with van der Waals surface area (Å²) in [6, 6.07) is 21.9. The molecule has 5 N–H and O–H groups in total. The van der Waals surface area contributed by atoms with Gasteiger partial charge in [-0.05, 0) is 80.0 Å². The van der Waals surface area contributed by atoms with Gasteiger partial charge in [0.15, 0.2) is 0 Å². The van der Waals surface area contributed by atoms with Crippen LogP contribution in [0.2, 0.25) is 0 Å². The molecule has 4 heterocycles. The van der Waals surface area contributed by atoms with Gasteiger partial charge in [-0.2, -0.15) is 0 Å². The minimum Gasteiger partial charge on any atom is -0.391 e. The maximum Gasteiger partial charge on any atom is 0.250 e. The van der Waals surface area contributed by atoms with Crippen LogP contribution < -0.4 is 16.0 Å². The Morgan fingerprint density at radius 2 is 1.45 bits per heavy atom. The number of likely N-dealkylation sites (tertiary alicyclic amines) is 1. The number of aryl methyl sites for hydroxylation is 1. The fraction of sp³-hybridized carbons (Fsp3) is 0.518. The third-order valence-corrected chi connectivity index (χ3v) is 14.2. The molecule has 3 aromatic carbocycles. The molecule has 5 aromatic rings. The first-order valence-corrected chi connectivity index (χ1v) is 26.6. The zero-order chi connectivity index (χ0) is 53.7. The lowest BCUT2D eigenvalue weighted by Gasteiger charge is -2.43. The molecule has 0 unspecified atom stereocenters. The molecule has 0 bridgehead atoms. The Morgan fingerprint density at radius 1 is 0.840 bits per heavy atom. The lowest BCUT2D eigenvalue weighted by molar-refractivity contribution is -0.144. The van der Waals surface area contributed by atoms with Crippen LogP contribution in [0.3, 0.4) is 0 Å². The summed E-state index contributed by atoms with van der Waals surface area (Å²) in [4.78, 5) is 65.6. The second-order valence-electron chi connectivity index (χ2n) is 21.0. The Morgan fingerprint density at radius 3 is 2.05 bits per heavy atom. The number of β-amino-alcohol motifs (C(OH)–C–C–N with tert-alkyl or cyclic N) is 1. The molecule has 2 aliphatic heterocycles. The largest absolute Gasteiger partial charge is 0.391 e. The Labute approximate surface area is 443 Å². The van der Waals surface area contributed by atoms with E-state index in [1.807, 2.05) is 93.9 Å². The summed E-state index contributed by atoms with van der Waals surface area (Å²) in [7, 11) is 0. The monoisotopic (exact) mass is 1060 g/mol. The number of carbonyl (C=O) groups excluding carboxylic acids is 4. The van der Waals surface area contributed by atoms with Gasteiger partial charge in [0.2, 0.25) is 23.6 Å². The fourth-order valence-corrected chi connectivity index (χ4v) is 10.4. The van der Waals surface area contributed by atoms with E-state index in [2.05, 4.69) is 49.9 Å². The molecule has 4 amide bonds. The Hall–Kier alpha value is -5.64. The van der Waals surface area contributed by atoms with E-state index in [1.54, 1.807) is 25.2 Å². The predicted molar refractivity (Wildman–Crippen MR) is 286 cm³/mol. The SMILES string of the molecule is Cc1ncsc1-c1ccc(CNC(=O)[C@@H]2C[C@@H](O)CN2C(=O)[C@@H](NC(=O)COCCOCCOCCOCCOCC(=O)Nc2ccc([C@@H]3c4[nH]c5ccccc5c4C[C@@H](C)N3CC(C)(C)F)cc2)C(C)(C)C)cc1. The highest BCUT2D eigenvalue weighted by atomic mass is 32.1. The van der Waals surface area contributed by atoms with Gasteiger partial charge in [0.1, 0.15) is 31.0 Å². The van der Waals surface area contributed by atoms with Gasteiger partial charge in [-0.3, -0.25) is 24.1 Å². The standard InChI is InChI=1S/C56H74FN7O10S/c1-36-28-44-43-10-8-9-11-45(43)61-49(44)50(64(36)34-56(6,7)57)39-16-18-41(19-17-39)60-47(66)32-73-26-24-71-22-20-70-21-23-72-25-27-74-33-48(67)62-52(55(3,4)5)54(69)63-31-42(65)29-46(63)53(68)58-30-38-12-14-40(15-13-38)51-37(2)59-35-75-51/h8-19,35-36,42,46,50,52,61,65H,20-34H2,1-7H3,(H,58,68)(H,60,66)(H,62,67)/t36-,42-,46+,50-,52-/m1/s1. The molecule has 2 aromatic heterocycles. The van der Waals surface area contributed by atoms with Gasteiger partial charge in [0, 0.05) is 54.4 Å². The summed E-state index contributed by atoms with van der Waals surface area (Å²) in [5.74, 6) is -1.62. The van der Waals surface area contributed by atoms with E-state index in [1.165, 1.54) is 15.8 Å². The van der Waals surface area contributed by atoms with E-state index in [0.717, 1.165) is 44.9 Å². The molecule has 19 heteroatoms. The highest BCUT2D eigenvalue weighted by Gasteiger charge is 2.45. The van der Waals surface area contributed by atoms with E-state index < -0.39 is 41.1 Å². The summed E-state index contributed by atoms with van der Waals surface area (Å²) < 4.78 is 42.9. The van der Waals surface area contributed by atoms with Crippen molar-refractivity contribution >= 4 is 51.6 Å². The van der Waals surface area contributed by atoms with E-state index >= 15 is 4.39 Å². The maximum absolute atomic E-state index is 15.1. The van der Waals surface area contributed by atoms with Crippen LogP contribution in [0.15, 0.2) is 78.3 Å². The number of aromatic amines is 1. The summed E-state index contributed by atoms with van der Waals surface area (Å²) in [5, 5.41) is 20.3. The van der Waals surface area contributed by atoms with Crippen molar-refractivity contribution < 1.29 is 52.4 Å². The summed E-state index contributed by atoms with van der Waals surface area (Å²) in [6.07, 6.45) is 0.0287. The van der Waals surface area contributed by atoms with Gasteiger partial charge in [-0.15, -0.1) is 11.3 Å². The summed E-state index contributed by atoms with van der Waals surface area (Å²) >= 11 is 1.57. The summed E-state index contributed by atoms with van der Waals surface area (Å²) in [6.45, 7) is 15.0. The Balaban J connectivity index is 0.719. The number of thiazole rings is 1. The predicted octanol–water partition coefficient (Wildman–Crippen LogP) is 6.51. The number of nitrogens with zero attached hydrogens (tertiary/aromatic N) is 3. The van der Waals surface area contributed by atoms with E-state index in [-0.39, 0.29) is 89.6 Å². The van der Waals surface area contributed by atoms with Crippen molar-refractivity contribution in [3.05, 3.63) is 106 Å². The smallest absolute Gasteiger partial charge is 0.250 e. The lowest BCUT2D eigenvalue weighted by Crippen LogP contribution is -2.58. The number of fused-ring (bicyclic) bond motifs is 3. The van der Waals surface area contributed by atoms with Crippen molar-refractivity contribution in [1.82, 2.24) is 30.4 Å². The molecule has 0 spiro atoms. The van der Waals surface area contributed by atoms with Gasteiger partial charge in [0.05, 0.1) is 81.1 Å². The van der Waals surface area contributed by atoms with Crippen molar-refractivity contribution in [2.75, 3.05) is 84.5 Å². The Kier molecular flexibility index (Phi) is 20.1. The van der Waals surface area contributed by atoms with Crippen LogP contribution in [0.4, 0.5) is 10.1 Å². The van der Waals surface area contributed by atoms with Crippen molar-refractivity contribution in [3.63, 3.8) is 0 Å². The lowest BCUT2D eigenvalue weighted by atomic mass is 9.85. The second kappa shape index (κ2) is 26.4.